The molecule has 0 fully saturated rings. The molecule has 5 nitrogen and oxygen atoms in total. The Balaban J connectivity index is 3.03. The molecule has 0 spiro atoms. The minimum Gasteiger partial charge on any atom is -0.396 e. The minimum atomic E-state index is 0.197. The summed E-state index contributed by atoms with van der Waals surface area (Å²) in [5.41, 5.74) is 7.97. The molecular weight excluding hydrogens is 228 g/mol. The molecule has 5 heteroatoms. The van der Waals surface area contributed by atoms with Gasteiger partial charge in [-0.3, -0.25) is 4.68 Å². The van der Waals surface area contributed by atoms with Gasteiger partial charge >= 0.3 is 0 Å². The monoisotopic (exact) mass is 254 g/mol. The largest absolute Gasteiger partial charge is 0.396 e. The van der Waals surface area contributed by atoms with E-state index >= 15 is 0 Å². The van der Waals surface area contributed by atoms with Crippen LogP contribution in [0.3, 0.4) is 0 Å². The number of aryl methyl sites for hydroxylation is 2. The molecule has 1 aromatic heterocycles. The zero-order valence-corrected chi connectivity index (χ0v) is 12.0. The Bertz CT molecular complexity index is 373. The molecule has 3 N–H and O–H groups in total. The van der Waals surface area contributed by atoms with Crippen molar-refractivity contribution in [2.24, 2.45) is 7.05 Å². The van der Waals surface area contributed by atoms with Crippen molar-refractivity contribution in [1.29, 1.82) is 0 Å². The van der Waals surface area contributed by atoms with E-state index in [1.54, 1.807) is 0 Å². The van der Waals surface area contributed by atoms with Crippen molar-refractivity contribution in [2.75, 3.05) is 23.8 Å². The molecule has 0 aliphatic heterocycles. The van der Waals surface area contributed by atoms with Gasteiger partial charge in [-0.15, -0.1) is 0 Å². The summed E-state index contributed by atoms with van der Waals surface area (Å²) in [5.74, 6) is 0.974. The highest BCUT2D eigenvalue weighted by Crippen LogP contribution is 2.28. The number of anilines is 2. The molecule has 0 saturated carbocycles. The molecule has 1 heterocycles. The normalized spacial score (nSPS) is 11.2. The molecule has 0 saturated heterocycles. The summed E-state index contributed by atoms with van der Waals surface area (Å²) < 4.78 is 1.86. The number of aliphatic hydroxyl groups excluding tert-OH is 1. The van der Waals surface area contributed by atoms with Crippen molar-refractivity contribution in [3.05, 3.63) is 5.69 Å². The molecular formula is C13H26N4O. The second-order valence-electron chi connectivity index (χ2n) is 4.92. The van der Waals surface area contributed by atoms with Crippen LogP contribution < -0.4 is 10.6 Å². The molecule has 0 aromatic carbocycles. The maximum absolute atomic E-state index is 8.99. The number of aliphatic hydroxyl groups is 1. The van der Waals surface area contributed by atoms with Crippen LogP contribution in [-0.4, -0.2) is 34.1 Å². The van der Waals surface area contributed by atoms with Crippen molar-refractivity contribution in [3.63, 3.8) is 0 Å². The number of aromatic nitrogens is 2. The van der Waals surface area contributed by atoms with Crippen LogP contribution in [0, 0.1) is 0 Å². The van der Waals surface area contributed by atoms with E-state index in [-0.39, 0.29) is 6.61 Å². The molecule has 1 rings (SSSR count). The van der Waals surface area contributed by atoms with Crippen molar-refractivity contribution in [3.8, 4) is 0 Å². The summed E-state index contributed by atoms with van der Waals surface area (Å²) in [5, 5.41) is 13.5. The highest BCUT2D eigenvalue weighted by molar-refractivity contribution is 5.66. The number of rotatable bonds is 7. The highest BCUT2D eigenvalue weighted by Gasteiger charge is 2.20. The quantitative estimate of drug-likeness (QED) is 0.775. The van der Waals surface area contributed by atoms with Crippen molar-refractivity contribution in [2.45, 2.75) is 46.1 Å². The standard InChI is InChI=1S/C13H26N4O/c1-5-7-11-12(14)13(16(4)15-11)17(10(2)3)8-6-9-18/h10,18H,5-9,14H2,1-4H3. The lowest BCUT2D eigenvalue weighted by Gasteiger charge is -2.29. The summed E-state index contributed by atoms with van der Waals surface area (Å²) in [6.45, 7) is 7.37. The van der Waals surface area contributed by atoms with Gasteiger partial charge in [0.05, 0.1) is 11.4 Å². The minimum absolute atomic E-state index is 0.197. The van der Waals surface area contributed by atoms with Crippen molar-refractivity contribution >= 4 is 11.5 Å². The molecule has 0 aliphatic rings. The Morgan fingerprint density at radius 2 is 2.11 bits per heavy atom. The van der Waals surface area contributed by atoms with Gasteiger partial charge in [0.1, 0.15) is 0 Å². The van der Waals surface area contributed by atoms with E-state index in [1.807, 2.05) is 11.7 Å². The van der Waals surface area contributed by atoms with Gasteiger partial charge in [0.15, 0.2) is 5.82 Å². The van der Waals surface area contributed by atoms with Gasteiger partial charge < -0.3 is 15.7 Å². The van der Waals surface area contributed by atoms with E-state index in [2.05, 4.69) is 30.8 Å². The van der Waals surface area contributed by atoms with E-state index < -0.39 is 0 Å². The van der Waals surface area contributed by atoms with Crippen LogP contribution in [-0.2, 0) is 13.5 Å². The van der Waals surface area contributed by atoms with Crippen LogP contribution in [0.5, 0.6) is 0 Å². The average molecular weight is 254 g/mol. The number of hydrogen-bond acceptors (Lipinski definition) is 4. The Kier molecular flexibility index (Phi) is 5.47. The zero-order chi connectivity index (χ0) is 13.7. The lowest BCUT2D eigenvalue weighted by Crippen LogP contribution is -2.34. The maximum atomic E-state index is 8.99. The number of nitrogens with zero attached hydrogens (tertiary/aromatic N) is 3. The fourth-order valence-corrected chi connectivity index (χ4v) is 2.20. The third-order valence-electron chi connectivity index (χ3n) is 3.07. The lowest BCUT2D eigenvalue weighted by molar-refractivity contribution is 0.288. The van der Waals surface area contributed by atoms with E-state index in [0.717, 1.165) is 43.0 Å². The maximum Gasteiger partial charge on any atom is 0.150 e. The first-order valence-electron chi connectivity index (χ1n) is 6.71. The van der Waals surface area contributed by atoms with Gasteiger partial charge in [-0.25, -0.2) is 0 Å². The summed E-state index contributed by atoms with van der Waals surface area (Å²) in [6.07, 6.45) is 2.69. The fourth-order valence-electron chi connectivity index (χ4n) is 2.20. The molecule has 0 aliphatic carbocycles. The lowest BCUT2D eigenvalue weighted by atomic mass is 10.2. The average Bonchev–Trinajstić information content (AvgIpc) is 2.57. The number of nitrogens with two attached hydrogens (primary N) is 1. The number of hydrogen-bond donors (Lipinski definition) is 2. The third kappa shape index (κ3) is 3.16. The first-order chi connectivity index (χ1) is 8.52. The topological polar surface area (TPSA) is 67.3 Å². The second-order valence-corrected chi connectivity index (χ2v) is 4.92. The zero-order valence-electron chi connectivity index (χ0n) is 12.0. The summed E-state index contributed by atoms with van der Waals surface area (Å²) in [6, 6.07) is 0.337. The Hall–Kier alpha value is -1.23. The summed E-state index contributed by atoms with van der Waals surface area (Å²) in [4.78, 5) is 2.21. The van der Waals surface area contributed by atoms with Gasteiger partial charge in [-0.1, -0.05) is 13.3 Å². The smallest absolute Gasteiger partial charge is 0.150 e. The fraction of sp³-hybridized carbons (Fsp3) is 0.769. The predicted octanol–water partition coefficient (Wildman–Crippen LogP) is 1.55. The van der Waals surface area contributed by atoms with Crippen LogP contribution in [0.4, 0.5) is 11.5 Å². The Morgan fingerprint density at radius 3 is 2.61 bits per heavy atom. The van der Waals surface area contributed by atoms with Crippen molar-refractivity contribution in [1.82, 2.24) is 9.78 Å². The van der Waals surface area contributed by atoms with Gasteiger partial charge in [0.25, 0.3) is 0 Å². The Labute approximate surface area is 110 Å². The van der Waals surface area contributed by atoms with E-state index in [4.69, 9.17) is 10.8 Å². The second kappa shape index (κ2) is 6.64. The molecule has 0 radical (unpaired) electrons. The third-order valence-corrected chi connectivity index (χ3v) is 3.07. The van der Waals surface area contributed by atoms with Crippen LogP contribution in [0.2, 0.25) is 0 Å². The van der Waals surface area contributed by atoms with Gasteiger partial charge in [0.2, 0.25) is 0 Å². The van der Waals surface area contributed by atoms with Gasteiger partial charge in [-0.05, 0) is 26.7 Å². The van der Waals surface area contributed by atoms with Crippen LogP contribution >= 0.6 is 0 Å². The first-order valence-corrected chi connectivity index (χ1v) is 6.71. The molecule has 0 bridgehead atoms. The molecule has 18 heavy (non-hydrogen) atoms. The van der Waals surface area contributed by atoms with E-state index in [9.17, 15) is 0 Å². The van der Waals surface area contributed by atoms with Crippen molar-refractivity contribution < 1.29 is 5.11 Å². The van der Waals surface area contributed by atoms with Crippen LogP contribution in [0.1, 0.15) is 39.3 Å². The summed E-state index contributed by atoms with van der Waals surface area (Å²) >= 11 is 0. The highest BCUT2D eigenvalue weighted by atomic mass is 16.3. The van der Waals surface area contributed by atoms with Gasteiger partial charge in [-0.2, -0.15) is 5.10 Å². The van der Waals surface area contributed by atoms with Gasteiger partial charge in [0, 0.05) is 26.2 Å². The molecule has 104 valence electrons. The SMILES string of the molecule is CCCc1nn(C)c(N(CCCO)C(C)C)c1N. The first kappa shape index (κ1) is 14.8. The molecule has 0 amide bonds. The van der Waals surface area contributed by atoms with E-state index in [0.29, 0.717) is 6.04 Å². The van der Waals surface area contributed by atoms with Crippen LogP contribution in [0.15, 0.2) is 0 Å². The number of nitrogen functional groups attached to an aromatic ring is 1. The Morgan fingerprint density at radius 1 is 1.44 bits per heavy atom. The van der Waals surface area contributed by atoms with Crippen LogP contribution in [0.25, 0.3) is 0 Å². The molecule has 0 unspecified atom stereocenters. The summed E-state index contributed by atoms with van der Waals surface area (Å²) in [7, 11) is 1.93. The predicted molar refractivity (Wildman–Crippen MR) is 75.8 cm³/mol. The molecule has 1 aromatic rings. The molecule has 0 atom stereocenters. The van der Waals surface area contributed by atoms with E-state index in [1.165, 1.54) is 0 Å².